The summed E-state index contributed by atoms with van der Waals surface area (Å²) in [6.07, 6.45) is 11.2. The highest BCUT2D eigenvalue weighted by atomic mass is 35.5. The Balaban J connectivity index is 1.94. The molecule has 2 fully saturated rings. The summed E-state index contributed by atoms with van der Waals surface area (Å²) in [7, 11) is 0. The summed E-state index contributed by atoms with van der Waals surface area (Å²) < 4.78 is 5.52. The molecule has 2 rings (SSSR count). The monoisotopic (exact) mass is 292 g/mol. The van der Waals surface area contributed by atoms with Gasteiger partial charge in [-0.1, -0.05) is 61.7 Å². The van der Waals surface area contributed by atoms with Crippen molar-refractivity contribution < 1.29 is 9.53 Å². The average molecular weight is 293 g/mol. The van der Waals surface area contributed by atoms with E-state index >= 15 is 0 Å². The SMILES string of the molecule is O=C(O[C@@H]1CCCC[C@H]1C1CCCCC1)C(Cl)Cl. The van der Waals surface area contributed by atoms with Crippen molar-refractivity contribution in [3.8, 4) is 0 Å². The Morgan fingerprint density at radius 3 is 2.22 bits per heavy atom. The molecule has 18 heavy (non-hydrogen) atoms. The Morgan fingerprint density at radius 1 is 0.944 bits per heavy atom. The van der Waals surface area contributed by atoms with Gasteiger partial charge < -0.3 is 4.74 Å². The van der Waals surface area contributed by atoms with E-state index in [1.54, 1.807) is 0 Å². The molecule has 0 aliphatic heterocycles. The molecule has 0 saturated heterocycles. The van der Waals surface area contributed by atoms with Crippen LogP contribution in [-0.4, -0.2) is 16.9 Å². The highest BCUT2D eigenvalue weighted by Gasteiger charge is 2.35. The minimum atomic E-state index is -1.04. The van der Waals surface area contributed by atoms with Gasteiger partial charge in [0.25, 0.3) is 0 Å². The number of carbonyl (C=O) groups excluding carboxylic acids is 1. The third-order valence-electron chi connectivity index (χ3n) is 4.45. The topological polar surface area (TPSA) is 26.3 Å². The van der Waals surface area contributed by atoms with Gasteiger partial charge in [0.1, 0.15) is 6.10 Å². The van der Waals surface area contributed by atoms with Crippen LogP contribution >= 0.6 is 23.2 Å². The lowest BCUT2D eigenvalue weighted by Crippen LogP contribution is -2.36. The molecule has 0 unspecified atom stereocenters. The number of hydrogen-bond acceptors (Lipinski definition) is 2. The number of rotatable bonds is 3. The summed E-state index contributed by atoms with van der Waals surface area (Å²) >= 11 is 11.1. The first-order valence-electron chi connectivity index (χ1n) is 7.17. The Kier molecular flexibility index (Phi) is 5.62. The number of esters is 1. The normalized spacial score (nSPS) is 30.4. The van der Waals surface area contributed by atoms with Crippen LogP contribution in [0.2, 0.25) is 0 Å². The third-order valence-corrected chi connectivity index (χ3v) is 4.81. The number of alkyl halides is 2. The minimum absolute atomic E-state index is 0.0503. The second-order valence-corrected chi connectivity index (χ2v) is 6.72. The van der Waals surface area contributed by atoms with Gasteiger partial charge in [-0.15, -0.1) is 0 Å². The lowest BCUT2D eigenvalue weighted by atomic mass is 9.72. The molecule has 0 aromatic carbocycles. The summed E-state index contributed by atoms with van der Waals surface area (Å²) in [5, 5.41) is 0. The van der Waals surface area contributed by atoms with E-state index < -0.39 is 10.8 Å². The molecule has 104 valence electrons. The molecule has 0 aromatic heterocycles. The molecule has 2 saturated carbocycles. The maximum Gasteiger partial charge on any atom is 0.339 e. The van der Waals surface area contributed by atoms with Gasteiger partial charge in [0, 0.05) is 0 Å². The van der Waals surface area contributed by atoms with Crippen LogP contribution in [0.1, 0.15) is 57.8 Å². The van der Waals surface area contributed by atoms with Crippen molar-refractivity contribution in [3.63, 3.8) is 0 Å². The number of ether oxygens (including phenoxy) is 1. The van der Waals surface area contributed by atoms with Crippen LogP contribution in [0.15, 0.2) is 0 Å². The molecule has 2 aliphatic carbocycles. The fourth-order valence-electron chi connectivity index (χ4n) is 3.57. The van der Waals surface area contributed by atoms with Crippen LogP contribution in [0.4, 0.5) is 0 Å². The van der Waals surface area contributed by atoms with E-state index in [4.69, 9.17) is 27.9 Å². The molecule has 2 nitrogen and oxygen atoms in total. The predicted octanol–water partition coefficient (Wildman–Crippen LogP) is 4.47. The zero-order chi connectivity index (χ0) is 13.0. The largest absolute Gasteiger partial charge is 0.460 e. The Bertz CT molecular complexity index is 275. The molecule has 0 aromatic rings. The summed E-state index contributed by atoms with van der Waals surface area (Å²) in [6, 6.07) is 0. The molecule has 0 radical (unpaired) electrons. The van der Waals surface area contributed by atoms with Gasteiger partial charge in [0.05, 0.1) is 0 Å². The Morgan fingerprint density at radius 2 is 1.56 bits per heavy atom. The lowest BCUT2D eigenvalue weighted by molar-refractivity contribution is -0.153. The zero-order valence-electron chi connectivity index (χ0n) is 10.7. The molecule has 0 amide bonds. The van der Waals surface area contributed by atoms with Gasteiger partial charge in [-0.2, -0.15) is 0 Å². The van der Waals surface area contributed by atoms with Crippen molar-refractivity contribution in [3.05, 3.63) is 0 Å². The van der Waals surface area contributed by atoms with Gasteiger partial charge in [-0.05, 0) is 31.1 Å². The summed E-state index contributed by atoms with van der Waals surface area (Å²) in [5.41, 5.74) is 0. The van der Waals surface area contributed by atoms with Gasteiger partial charge >= 0.3 is 5.97 Å². The van der Waals surface area contributed by atoms with Crippen molar-refractivity contribution in [2.75, 3.05) is 0 Å². The van der Waals surface area contributed by atoms with Crippen molar-refractivity contribution in [2.45, 2.75) is 68.7 Å². The van der Waals surface area contributed by atoms with Gasteiger partial charge in [-0.25, -0.2) is 4.79 Å². The van der Waals surface area contributed by atoms with E-state index in [1.807, 2.05) is 0 Å². The van der Waals surface area contributed by atoms with E-state index in [0.29, 0.717) is 5.92 Å². The van der Waals surface area contributed by atoms with Gasteiger partial charge in [0.2, 0.25) is 4.84 Å². The molecule has 2 aliphatic rings. The van der Waals surface area contributed by atoms with Crippen molar-refractivity contribution >= 4 is 29.2 Å². The average Bonchev–Trinajstić information content (AvgIpc) is 2.40. The molecule has 0 spiro atoms. The molecule has 0 heterocycles. The highest BCUT2D eigenvalue weighted by molar-refractivity contribution is 6.52. The van der Waals surface area contributed by atoms with Crippen LogP contribution in [0.5, 0.6) is 0 Å². The van der Waals surface area contributed by atoms with Crippen LogP contribution in [-0.2, 0) is 9.53 Å². The Labute approximate surface area is 119 Å². The van der Waals surface area contributed by atoms with E-state index in [0.717, 1.165) is 18.8 Å². The number of carbonyl (C=O) groups is 1. The zero-order valence-corrected chi connectivity index (χ0v) is 12.3. The lowest BCUT2D eigenvalue weighted by Gasteiger charge is -2.38. The number of hydrogen-bond donors (Lipinski definition) is 0. The van der Waals surface area contributed by atoms with E-state index in [1.165, 1.54) is 44.9 Å². The van der Waals surface area contributed by atoms with Crippen LogP contribution in [0.25, 0.3) is 0 Å². The van der Waals surface area contributed by atoms with Crippen LogP contribution in [0, 0.1) is 11.8 Å². The molecule has 2 atom stereocenters. The van der Waals surface area contributed by atoms with Crippen LogP contribution in [0.3, 0.4) is 0 Å². The molecule has 0 N–H and O–H groups in total. The summed E-state index contributed by atoms with van der Waals surface area (Å²) in [6.45, 7) is 0. The first-order chi connectivity index (χ1) is 8.68. The fourth-order valence-corrected chi connectivity index (χ4v) is 3.68. The maximum atomic E-state index is 11.6. The van der Waals surface area contributed by atoms with Crippen molar-refractivity contribution in [2.24, 2.45) is 11.8 Å². The summed E-state index contributed by atoms with van der Waals surface area (Å²) in [4.78, 5) is 10.5. The van der Waals surface area contributed by atoms with E-state index in [-0.39, 0.29) is 6.10 Å². The Hall–Kier alpha value is 0.0500. The third kappa shape index (κ3) is 3.77. The number of halogens is 2. The standard InChI is InChI=1S/C14H22Cl2O2/c15-13(16)14(17)18-12-9-5-4-8-11(12)10-6-2-1-3-7-10/h10-13H,1-9H2/t11-,12+/m0/s1. The smallest absolute Gasteiger partial charge is 0.339 e. The predicted molar refractivity (Wildman–Crippen MR) is 73.9 cm³/mol. The molecular formula is C14H22Cl2O2. The van der Waals surface area contributed by atoms with E-state index in [9.17, 15) is 4.79 Å². The first-order valence-corrected chi connectivity index (χ1v) is 8.04. The molecule has 0 bridgehead atoms. The van der Waals surface area contributed by atoms with Crippen molar-refractivity contribution in [1.82, 2.24) is 0 Å². The van der Waals surface area contributed by atoms with Gasteiger partial charge in [0.15, 0.2) is 0 Å². The minimum Gasteiger partial charge on any atom is -0.460 e. The summed E-state index contributed by atoms with van der Waals surface area (Å²) in [5.74, 6) is 0.807. The maximum absolute atomic E-state index is 11.6. The highest BCUT2D eigenvalue weighted by Crippen LogP contribution is 2.39. The van der Waals surface area contributed by atoms with Crippen molar-refractivity contribution in [1.29, 1.82) is 0 Å². The second-order valence-electron chi connectivity index (χ2n) is 5.62. The fraction of sp³-hybridized carbons (Fsp3) is 0.929. The van der Waals surface area contributed by atoms with E-state index in [2.05, 4.69) is 0 Å². The first kappa shape index (κ1) is 14.5. The molecular weight excluding hydrogens is 271 g/mol. The molecule has 4 heteroatoms. The van der Waals surface area contributed by atoms with Gasteiger partial charge in [-0.3, -0.25) is 0 Å². The van der Waals surface area contributed by atoms with Crippen LogP contribution < -0.4 is 0 Å². The quantitative estimate of drug-likeness (QED) is 0.567. The second kappa shape index (κ2) is 7.00.